The molecule has 0 spiro atoms. The van der Waals surface area contributed by atoms with E-state index in [1.54, 1.807) is 12.3 Å². The maximum atomic E-state index is 6.08. The Hall–Kier alpha value is -1.10. The highest BCUT2D eigenvalue weighted by Gasteiger charge is 2.05. The third-order valence-corrected chi connectivity index (χ3v) is 3.29. The van der Waals surface area contributed by atoms with Gasteiger partial charge in [0.25, 0.3) is 0 Å². The van der Waals surface area contributed by atoms with E-state index in [-0.39, 0.29) is 0 Å². The number of aromatic nitrogens is 1. The molecule has 0 unspecified atom stereocenters. The van der Waals surface area contributed by atoms with Gasteiger partial charge in [-0.15, -0.1) is 0 Å². The van der Waals surface area contributed by atoms with E-state index in [1.165, 1.54) is 0 Å². The molecule has 0 fully saturated rings. The summed E-state index contributed by atoms with van der Waals surface area (Å²) in [5.41, 5.74) is 1.12. The Balaban J connectivity index is 2.16. The average Bonchev–Trinajstić information content (AvgIpc) is 2.41. The van der Waals surface area contributed by atoms with Gasteiger partial charge in [-0.3, -0.25) is 0 Å². The average molecular weight is 342 g/mol. The Labute approximate surface area is 126 Å². The maximum Gasteiger partial charge on any atom is 0.219 e. The summed E-state index contributed by atoms with van der Waals surface area (Å²) in [4.78, 5) is 4.19. The second kappa shape index (κ2) is 6.89. The number of halogens is 2. The van der Waals surface area contributed by atoms with Crippen molar-refractivity contribution in [2.75, 3.05) is 6.54 Å². The van der Waals surface area contributed by atoms with Gasteiger partial charge in [0.2, 0.25) is 5.88 Å². The van der Waals surface area contributed by atoms with Crippen LogP contribution in [0.5, 0.6) is 11.6 Å². The summed E-state index contributed by atoms with van der Waals surface area (Å²) in [6, 6.07) is 9.33. The Morgan fingerprint density at radius 3 is 2.95 bits per heavy atom. The molecule has 100 valence electrons. The molecule has 0 amide bonds. The Morgan fingerprint density at radius 2 is 2.16 bits per heavy atom. The van der Waals surface area contributed by atoms with Crippen LogP contribution in [0.1, 0.15) is 12.5 Å². The predicted octanol–water partition coefficient (Wildman–Crippen LogP) is 4.40. The van der Waals surface area contributed by atoms with Crippen molar-refractivity contribution in [1.29, 1.82) is 0 Å². The third-order valence-electron chi connectivity index (χ3n) is 2.49. The SMILES string of the molecule is CCNCc1ccnc(Oc2cc(Br)ccc2Cl)c1. The highest BCUT2D eigenvalue weighted by atomic mass is 79.9. The molecule has 1 aromatic heterocycles. The van der Waals surface area contributed by atoms with E-state index in [0.717, 1.165) is 23.1 Å². The van der Waals surface area contributed by atoms with Gasteiger partial charge in [-0.25, -0.2) is 4.98 Å². The molecular weight excluding hydrogens is 328 g/mol. The van der Waals surface area contributed by atoms with Crippen LogP contribution in [0.15, 0.2) is 41.0 Å². The Kier molecular flexibility index (Phi) is 5.19. The quantitative estimate of drug-likeness (QED) is 0.875. The summed E-state index contributed by atoms with van der Waals surface area (Å²) in [5, 5.41) is 3.82. The summed E-state index contributed by atoms with van der Waals surface area (Å²) in [7, 11) is 0. The first-order valence-corrected chi connectivity index (χ1v) is 7.14. The summed E-state index contributed by atoms with van der Waals surface area (Å²) in [5.74, 6) is 1.12. The van der Waals surface area contributed by atoms with Crippen molar-refractivity contribution < 1.29 is 4.74 Å². The van der Waals surface area contributed by atoms with Crippen LogP contribution in [0.25, 0.3) is 0 Å². The van der Waals surface area contributed by atoms with Crippen LogP contribution in [0, 0.1) is 0 Å². The lowest BCUT2D eigenvalue weighted by Crippen LogP contribution is -2.11. The molecule has 0 bridgehead atoms. The van der Waals surface area contributed by atoms with E-state index in [0.29, 0.717) is 16.7 Å². The van der Waals surface area contributed by atoms with E-state index >= 15 is 0 Å². The van der Waals surface area contributed by atoms with Crippen molar-refractivity contribution in [3.05, 3.63) is 51.6 Å². The Bertz CT molecular complexity index is 563. The van der Waals surface area contributed by atoms with Gasteiger partial charge in [-0.05, 0) is 36.4 Å². The smallest absolute Gasteiger partial charge is 0.219 e. The van der Waals surface area contributed by atoms with Crippen LogP contribution in [-0.2, 0) is 6.54 Å². The Morgan fingerprint density at radius 1 is 1.32 bits per heavy atom. The van der Waals surface area contributed by atoms with Crippen molar-refractivity contribution in [2.45, 2.75) is 13.5 Å². The molecule has 0 aliphatic rings. The third kappa shape index (κ3) is 4.20. The summed E-state index contributed by atoms with van der Waals surface area (Å²) in [6.45, 7) is 3.79. The topological polar surface area (TPSA) is 34.2 Å². The molecule has 2 aromatic rings. The number of benzene rings is 1. The van der Waals surface area contributed by atoms with Crippen molar-refractivity contribution in [2.24, 2.45) is 0 Å². The fourth-order valence-corrected chi connectivity index (χ4v) is 2.05. The molecule has 0 aliphatic carbocycles. The van der Waals surface area contributed by atoms with Gasteiger partial charge < -0.3 is 10.1 Å². The highest BCUT2D eigenvalue weighted by molar-refractivity contribution is 9.10. The summed E-state index contributed by atoms with van der Waals surface area (Å²) in [6.07, 6.45) is 1.73. The molecular formula is C14H14BrClN2O. The monoisotopic (exact) mass is 340 g/mol. The summed E-state index contributed by atoms with van der Waals surface area (Å²) >= 11 is 9.47. The normalized spacial score (nSPS) is 10.5. The number of hydrogen-bond acceptors (Lipinski definition) is 3. The van der Waals surface area contributed by atoms with Crippen molar-refractivity contribution in [3.8, 4) is 11.6 Å². The van der Waals surface area contributed by atoms with Gasteiger partial charge in [0.15, 0.2) is 0 Å². The standard InChI is InChI=1S/C14H14BrClN2O/c1-2-17-9-10-5-6-18-14(7-10)19-13-8-11(15)3-4-12(13)16/h3-8,17H,2,9H2,1H3. The molecule has 0 saturated carbocycles. The zero-order valence-corrected chi connectivity index (χ0v) is 12.8. The van der Waals surface area contributed by atoms with Crippen LogP contribution in [0.4, 0.5) is 0 Å². The maximum absolute atomic E-state index is 6.08. The van der Waals surface area contributed by atoms with Gasteiger partial charge in [0.05, 0.1) is 5.02 Å². The molecule has 1 N–H and O–H groups in total. The number of nitrogens with zero attached hydrogens (tertiary/aromatic N) is 1. The number of rotatable bonds is 5. The van der Waals surface area contributed by atoms with Gasteiger partial charge >= 0.3 is 0 Å². The molecule has 0 aliphatic heterocycles. The molecule has 5 heteroatoms. The summed E-state index contributed by atoms with van der Waals surface area (Å²) < 4.78 is 6.62. The fourth-order valence-electron chi connectivity index (χ4n) is 1.55. The second-order valence-electron chi connectivity index (χ2n) is 3.96. The number of hydrogen-bond donors (Lipinski definition) is 1. The lowest BCUT2D eigenvalue weighted by Gasteiger charge is -2.08. The van der Waals surface area contributed by atoms with Crippen LogP contribution < -0.4 is 10.1 Å². The van der Waals surface area contributed by atoms with Gasteiger partial charge in [-0.1, -0.05) is 34.5 Å². The van der Waals surface area contributed by atoms with Crippen molar-refractivity contribution in [3.63, 3.8) is 0 Å². The fraction of sp³-hybridized carbons (Fsp3) is 0.214. The first kappa shape index (κ1) is 14.3. The molecule has 1 aromatic carbocycles. The van der Waals surface area contributed by atoms with Gasteiger partial charge in [-0.2, -0.15) is 0 Å². The zero-order chi connectivity index (χ0) is 13.7. The molecule has 1 heterocycles. The van der Waals surface area contributed by atoms with E-state index in [2.05, 4.69) is 33.2 Å². The lowest BCUT2D eigenvalue weighted by atomic mass is 10.2. The molecule has 0 saturated heterocycles. The molecule has 19 heavy (non-hydrogen) atoms. The van der Waals surface area contributed by atoms with Crippen LogP contribution >= 0.6 is 27.5 Å². The molecule has 3 nitrogen and oxygen atoms in total. The predicted molar refractivity (Wildman–Crippen MR) is 80.8 cm³/mol. The van der Waals surface area contributed by atoms with Crippen LogP contribution in [0.2, 0.25) is 5.02 Å². The largest absolute Gasteiger partial charge is 0.437 e. The highest BCUT2D eigenvalue weighted by Crippen LogP contribution is 2.31. The van der Waals surface area contributed by atoms with E-state index < -0.39 is 0 Å². The first-order chi connectivity index (χ1) is 9.19. The van der Waals surface area contributed by atoms with Gasteiger partial charge in [0, 0.05) is 23.3 Å². The number of nitrogens with one attached hydrogen (secondary N) is 1. The number of pyridine rings is 1. The van der Waals surface area contributed by atoms with E-state index in [1.807, 2.05) is 24.3 Å². The lowest BCUT2D eigenvalue weighted by molar-refractivity contribution is 0.461. The zero-order valence-electron chi connectivity index (χ0n) is 10.5. The van der Waals surface area contributed by atoms with Gasteiger partial charge in [0.1, 0.15) is 5.75 Å². The molecule has 2 rings (SSSR count). The molecule has 0 radical (unpaired) electrons. The van der Waals surface area contributed by atoms with Crippen molar-refractivity contribution >= 4 is 27.5 Å². The van der Waals surface area contributed by atoms with Crippen LogP contribution in [0.3, 0.4) is 0 Å². The minimum absolute atomic E-state index is 0.537. The van der Waals surface area contributed by atoms with Crippen molar-refractivity contribution in [1.82, 2.24) is 10.3 Å². The van der Waals surface area contributed by atoms with E-state index in [4.69, 9.17) is 16.3 Å². The first-order valence-electron chi connectivity index (χ1n) is 5.97. The number of ether oxygens (including phenoxy) is 1. The second-order valence-corrected chi connectivity index (χ2v) is 5.28. The molecule has 0 atom stereocenters. The van der Waals surface area contributed by atoms with E-state index in [9.17, 15) is 0 Å². The van der Waals surface area contributed by atoms with Crippen LogP contribution in [-0.4, -0.2) is 11.5 Å². The minimum Gasteiger partial charge on any atom is -0.437 e. The minimum atomic E-state index is 0.537.